The second-order valence-electron chi connectivity index (χ2n) is 14.0. The Labute approximate surface area is 307 Å². The van der Waals surface area contributed by atoms with Crippen molar-refractivity contribution in [2.45, 2.75) is 18.9 Å². The van der Waals surface area contributed by atoms with Crippen molar-refractivity contribution in [2.75, 3.05) is 4.90 Å². The number of thiophene rings is 1. The lowest BCUT2D eigenvalue weighted by atomic mass is 9.87. The Balaban J connectivity index is 0.962. The number of para-hydroxylation sites is 3. The number of anilines is 3. The highest BCUT2D eigenvalue weighted by Gasteiger charge is 2.28. The molecule has 0 aliphatic heterocycles. The van der Waals surface area contributed by atoms with E-state index in [1.165, 1.54) is 64.2 Å². The van der Waals surface area contributed by atoms with Crippen molar-refractivity contribution in [3.05, 3.63) is 194 Å². The first-order valence-electron chi connectivity index (χ1n) is 18.0. The van der Waals surface area contributed by atoms with Gasteiger partial charge in [-0.25, -0.2) is 0 Å². The number of hydrogen-bond donors (Lipinski definition) is 0. The van der Waals surface area contributed by atoms with Gasteiger partial charge in [0.15, 0.2) is 0 Å². The molecule has 1 aliphatic rings. The van der Waals surface area contributed by atoms with Crippen molar-refractivity contribution in [1.82, 2.24) is 4.57 Å². The van der Waals surface area contributed by atoms with E-state index in [0.29, 0.717) is 0 Å². The van der Waals surface area contributed by atoms with Crippen LogP contribution in [0.5, 0.6) is 0 Å². The molecule has 0 spiro atoms. The molecule has 9 aromatic rings. The van der Waals surface area contributed by atoms with Crippen molar-refractivity contribution in [3.8, 4) is 11.1 Å². The molecule has 10 rings (SSSR count). The summed E-state index contributed by atoms with van der Waals surface area (Å²) in [5, 5.41) is 5.28. The normalized spacial score (nSPS) is 15.8. The summed E-state index contributed by atoms with van der Waals surface area (Å²) in [5.41, 5.74) is 10.8. The van der Waals surface area contributed by atoms with Gasteiger partial charge in [-0.05, 0) is 90.2 Å². The summed E-state index contributed by atoms with van der Waals surface area (Å²) in [6.07, 6.45) is 8.03. The molecule has 0 saturated carbocycles. The molecule has 0 radical (unpaired) electrons. The first kappa shape index (κ1) is 30.6. The monoisotopic (exact) mass is 684 g/mol. The number of benzene rings is 7. The predicted octanol–water partition coefficient (Wildman–Crippen LogP) is 14.1. The van der Waals surface area contributed by atoms with Crippen LogP contribution < -0.4 is 4.90 Å². The van der Waals surface area contributed by atoms with Gasteiger partial charge in [0.2, 0.25) is 0 Å². The van der Waals surface area contributed by atoms with Gasteiger partial charge in [-0.1, -0.05) is 133 Å². The number of aromatic nitrogens is 1. The maximum atomic E-state index is 2.52. The minimum absolute atomic E-state index is 0.162. The van der Waals surface area contributed by atoms with Crippen LogP contribution in [0.25, 0.3) is 58.7 Å². The van der Waals surface area contributed by atoms with Gasteiger partial charge in [0.1, 0.15) is 0 Å². The molecule has 2 nitrogen and oxygen atoms in total. The third kappa shape index (κ3) is 5.00. The van der Waals surface area contributed by atoms with Crippen LogP contribution in [0.15, 0.2) is 188 Å². The molecular formula is C49H36N2S. The number of hydrogen-bond acceptors (Lipinski definition) is 2. The molecule has 1 atom stereocenters. The van der Waals surface area contributed by atoms with E-state index in [4.69, 9.17) is 0 Å². The summed E-state index contributed by atoms with van der Waals surface area (Å²) in [5.74, 6) is 0. The molecule has 7 aromatic carbocycles. The molecule has 0 fully saturated rings. The highest BCUT2D eigenvalue weighted by atomic mass is 32.1. The average molecular weight is 685 g/mol. The summed E-state index contributed by atoms with van der Waals surface area (Å²) < 4.78 is 5.20. The van der Waals surface area contributed by atoms with Gasteiger partial charge in [-0.15, -0.1) is 11.3 Å². The molecule has 2 aromatic heterocycles. The van der Waals surface area contributed by atoms with Crippen LogP contribution in [0, 0.1) is 0 Å². The maximum absolute atomic E-state index is 2.52. The Hall–Kier alpha value is -6.16. The Morgan fingerprint density at radius 2 is 1.08 bits per heavy atom. The Morgan fingerprint density at radius 1 is 0.519 bits per heavy atom. The van der Waals surface area contributed by atoms with Crippen molar-refractivity contribution in [2.24, 2.45) is 0 Å². The van der Waals surface area contributed by atoms with Gasteiger partial charge in [0.25, 0.3) is 0 Å². The van der Waals surface area contributed by atoms with E-state index in [2.05, 4.69) is 204 Å². The van der Waals surface area contributed by atoms with E-state index < -0.39 is 0 Å². The minimum Gasteiger partial charge on any atom is -0.331 e. The highest BCUT2D eigenvalue weighted by Crippen LogP contribution is 2.43. The predicted molar refractivity (Wildman–Crippen MR) is 224 cm³/mol. The van der Waals surface area contributed by atoms with Crippen molar-refractivity contribution in [1.29, 1.82) is 0 Å². The van der Waals surface area contributed by atoms with E-state index in [1.807, 2.05) is 11.3 Å². The first-order valence-corrected chi connectivity index (χ1v) is 18.8. The summed E-state index contributed by atoms with van der Waals surface area (Å²) in [6, 6.07) is 61.7. The van der Waals surface area contributed by atoms with Crippen LogP contribution in [0.2, 0.25) is 0 Å². The molecule has 1 unspecified atom stereocenters. The maximum Gasteiger partial charge on any atom is 0.0643 e. The number of fused-ring (bicyclic) bond motifs is 6. The van der Waals surface area contributed by atoms with Gasteiger partial charge in [0.05, 0.1) is 5.54 Å². The lowest BCUT2D eigenvalue weighted by Crippen LogP contribution is -2.28. The summed E-state index contributed by atoms with van der Waals surface area (Å²) >= 11 is 1.88. The van der Waals surface area contributed by atoms with Gasteiger partial charge in [0, 0.05) is 59.0 Å². The van der Waals surface area contributed by atoms with Crippen molar-refractivity contribution >= 4 is 76.0 Å². The largest absolute Gasteiger partial charge is 0.331 e. The fraction of sp³-hybridized carbons (Fsp3) is 0.0612. The zero-order chi connectivity index (χ0) is 34.6. The van der Waals surface area contributed by atoms with Crippen LogP contribution in [-0.4, -0.2) is 4.57 Å². The molecule has 248 valence electrons. The van der Waals surface area contributed by atoms with E-state index in [9.17, 15) is 0 Å². The van der Waals surface area contributed by atoms with Gasteiger partial charge in [-0.3, -0.25) is 0 Å². The molecule has 52 heavy (non-hydrogen) atoms. The molecule has 1 aliphatic carbocycles. The van der Waals surface area contributed by atoms with E-state index in [1.54, 1.807) is 0 Å². The lowest BCUT2D eigenvalue weighted by molar-refractivity contribution is 0.438. The van der Waals surface area contributed by atoms with E-state index in [0.717, 1.165) is 23.5 Å². The van der Waals surface area contributed by atoms with E-state index >= 15 is 0 Å². The number of allylic oxidation sites excluding steroid dienone is 4. The standard InChI is InChI=1S/C49H36N2S/c1-49(51-45-19-8-5-14-41(45)42-15-6-9-20-46(42)51)32-30-35(31-33-49)34-22-26-38(27-23-34)50(37-12-3-2-4-13-37)39-28-24-36(25-29-39)40-17-11-18-44-43-16-7-10-21-47(43)52-48(40)44/h2-32H,33H2,1H3. The molecule has 0 saturated heterocycles. The van der Waals surface area contributed by atoms with Crippen LogP contribution in [0.1, 0.15) is 18.9 Å². The molecule has 3 heteroatoms. The first-order chi connectivity index (χ1) is 25.6. The third-order valence-electron chi connectivity index (χ3n) is 10.8. The van der Waals surface area contributed by atoms with Crippen LogP contribution in [-0.2, 0) is 5.54 Å². The Bertz CT molecular complexity index is 2770. The second-order valence-corrected chi connectivity index (χ2v) is 15.0. The molecular weight excluding hydrogens is 649 g/mol. The zero-order valence-corrected chi connectivity index (χ0v) is 29.7. The Morgan fingerprint density at radius 3 is 1.73 bits per heavy atom. The van der Waals surface area contributed by atoms with Gasteiger partial charge in [-0.2, -0.15) is 0 Å². The number of rotatable bonds is 6. The fourth-order valence-corrected chi connectivity index (χ4v) is 9.40. The molecule has 0 N–H and O–H groups in total. The quantitative estimate of drug-likeness (QED) is 0.169. The average Bonchev–Trinajstić information content (AvgIpc) is 3.76. The summed E-state index contributed by atoms with van der Waals surface area (Å²) in [4.78, 5) is 2.35. The topological polar surface area (TPSA) is 8.17 Å². The lowest BCUT2D eigenvalue weighted by Gasteiger charge is -2.32. The minimum atomic E-state index is -0.162. The third-order valence-corrected chi connectivity index (χ3v) is 12.0. The zero-order valence-electron chi connectivity index (χ0n) is 28.9. The van der Waals surface area contributed by atoms with E-state index in [-0.39, 0.29) is 5.54 Å². The molecule has 0 amide bonds. The summed E-state index contributed by atoms with van der Waals surface area (Å²) in [6.45, 7) is 2.35. The van der Waals surface area contributed by atoms with Gasteiger partial charge < -0.3 is 9.47 Å². The van der Waals surface area contributed by atoms with Crippen molar-refractivity contribution in [3.63, 3.8) is 0 Å². The molecule has 2 heterocycles. The second kappa shape index (κ2) is 12.3. The van der Waals surface area contributed by atoms with Crippen LogP contribution in [0.3, 0.4) is 0 Å². The number of nitrogens with zero attached hydrogens (tertiary/aromatic N) is 2. The van der Waals surface area contributed by atoms with Crippen LogP contribution in [0.4, 0.5) is 17.1 Å². The molecule has 0 bridgehead atoms. The fourth-order valence-electron chi connectivity index (χ4n) is 8.17. The summed E-state index contributed by atoms with van der Waals surface area (Å²) in [7, 11) is 0. The van der Waals surface area contributed by atoms with Gasteiger partial charge >= 0.3 is 0 Å². The smallest absolute Gasteiger partial charge is 0.0643 e. The Kier molecular flexibility index (Phi) is 7.23. The highest BCUT2D eigenvalue weighted by molar-refractivity contribution is 7.26. The van der Waals surface area contributed by atoms with Crippen LogP contribution >= 0.6 is 11.3 Å². The SMILES string of the molecule is CC1(n2c3ccccc3c3ccccc32)C=CC(c2ccc(N(c3ccccc3)c3ccc(-c4cccc5c4sc4ccccc45)cc3)cc2)=CC1. The van der Waals surface area contributed by atoms with Crippen molar-refractivity contribution < 1.29 is 0 Å².